The second kappa shape index (κ2) is 4.75. The summed E-state index contributed by atoms with van der Waals surface area (Å²) in [4.78, 5) is 13.5. The first-order chi connectivity index (χ1) is 6.52. The zero-order chi connectivity index (χ0) is 10.7. The number of nitrogens with two attached hydrogens (primary N) is 1. The monoisotopic (exact) mass is 200 g/mol. The van der Waals surface area contributed by atoms with Crippen molar-refractivity contribution in [2.75, 3.05) is 13.1 Å². The van der Waals surface area contributed by atoms with Crippen molar-refractivity contribution in [2.45, 2.75) is 38.8 Å². The van der Waals surface area contributed by atoms with Gasteiger partial charge in [0.2, 0.25) is 5.91 Å². The minimum absolute atomic E-state index is 0.0203. The molecule has 82 valence electrons. The smallest absolute Gasteiger partial charge is 0.239 e. The first-order valence-electron chi connectivity index (χ1n) is 5.24. The number of piperidine rings is 1. The van der Waals surface area contributed by atoms with Crippen LogP contribution in [0.25, 0.3) is 0 Å². The Bertz CT molecular complexity index is 198. The van der Waals surface area contributed by atoms with E-state index in [9.17, 15) is 9.90 Å². The topological polar surface area (TPSA) is 66.6 Å². The largest absolute Gasteiger partial charge is 0.393 e. The van der Waals surface area contributed by atoms with Crippen molar-refractivity contribution in [1.82, 2.24) is 4.90 Å². The Morgan fingerprint density at radius 2 is 1.93 bits per heavy atom. The van der Waals surface area contributed by atoms with E-state index in [2.05, 4.69) is 0 Å². The molecule has 0 saturated carbocycles. The van der Waals surface area contributed by atoms with E-state index in [0.717, 1.165) is 0 Å². The highest BCUT2D eigenvalue weighted by Gasteiger charge is 2.26. The maximum Gasteiger partial charge on any atom is 0.239 e. The van der Waals surface area contributed by atoms with Crippen LogP contribution in [0, 0.1) is 5.92 Å². The molecule has 4 nitrogen and oxygen atoms in total. The van der Waals surface area contributed by atoms with Crippen LogP contribution in [0.15, 0.2) is 0 Å². The first kappa shape index (κ1) is 11.5. The molecule has 1 aliphatic rings. The lowest BCUT2D eigenvalue weighted by Crippen LogP contribution is -2.49. The van der Waals surface area contributed by atoms with Gasteiger partial charge in [-0.1, -0.05) is 13.8 Å². The summed E-state index contributed by atoms with van der Waals surface area (Å²) in [6.07, 6.45) is 1.11. The van der Waals surface area contributed by atoms with Gasteiger partial charge in [0.15, 0.2) is 0 Å². The van der Waals surface area contributed by atoms with E-state index >= 15 is 0 Å². The third-order valence-corrected chi connectivity index (χ3v) is 2.78. The van der Waals surface area contributed by atoms with Gasteiger partial charge in [-0.15, -0.1) is 0 Å². The van der Waals surface area contributed by atoms with E-state index in [1.54, 1.807) is 4.90 Å². The molecule has 3 N–H and O–H groups in total. The molecule has 0 radical (unpaired) electrons. The van der Waals surface area contributed by atoms with Crippen LogP contribution in [0.4, 0.5) is 0 Å². The van der Waals surface area contributed by atoms with E-state index in [4.69, 9.17) is 5.73 Å². The summed E-state index contributed by atoms with van der Waals surface area (Å²) in [6.45, 7) is 5.17. The number of rotatable bonds is 2. The SMILES string of the molecule is CC(C)[C@H](N)C(=O)N1CCC(O)CC1. The molecule has 1 amide bonds. The Labute approximate surface area is 85.1 Å². The third kappa shape index (κ3) is 2.69. The summed E-state index contributed by atoms with van der Waals surface area (Å²) in [5, 5.41) is 9.29. The summed E-state index contributed by atoms with van der Waals surface area (Å²) in [6, 6.07) is -0.398. The predicted octanol–water partition coefficient (Wildman–Crippen LogP) is -0.0470. The van der Waals surface area contributed by atoms with Crippen LogP contribution in [0.5, 0.6) is 0 Å². The maximum atomic E-state index is 11.8. The van der Waals surface area contributed by atoms with Gasteiger partial charge in [-0.25, -0.2) is 0 Å². The number of likely N-dealkylation sites (tertiary alicyclic amines) is 1. The highest BCUT2D eigenvalue weighted by atomic mass is 16.3. The van der Waals surface area contributed by atoms with Gasteiger partial charge in [-0.3, -0.25) is 4.79 Å². The number of nitrogens with zero attached hydrogens (tertiary/aromatic N) is 1. The van der Waals surface area contributed by atoms with Crippen LogP contribution in [0.2, 0.25) is 0 Å². The molecule has 0 aromatic carbocycles. The van der Waals surface area contributed by atoms with Gasteiger partial charge in [0.05, 0.1) is 12.1 Å². The number of carbonyl (C=O) groups is 1. The van der Waals surface area contributed by atoms with Crippen LogP contribution >= 0.6 is 0 Å². The van der Waals surface area contributed by atoms with Crippen molar-refractivity contribution in [3.05, 3.63) is 0 Å². The molecule has 0 aromatic rings. The van der Waals surface area contributed by atoms with Gasteiger partial charge in [0, 0.05) is 13.1 Å². The van der Waals surface area contributed by atoms with Gasteiger partial charge < -0.3 is 15.7 Å². The number of aliphatic hydroxyl groups excluding tert-OH is 1. The standard InChI is InChI=1S/C10H20N2O2/c1-7(2)9(11)10(14)12-5-3-8(13)4-6-12/h7-9,13H,3-6,11H2,1-2H3/t9-/m0/s1. The Hall–Kier alpha value is -0.610. The molecule has 1 atom stereocenters. The summed E-state index contributed by atoms with van der Waals surface area (Å²) >= 11 is 0. The van der Waals surface area contributed by atoms with E-state index in [1.807, 2.05) is 13.8 Å². The molecule has 1 aliphatic heterocycles. The second-order valence-electron chi connectivity index (χ2n) is 4.33. The van der Waals surface area contributed by atoms with Gasteiger partial charge >= 0.3 is 0 Å². The lowest BCUT2D eigenvalue weighted by atomic mass is 10.0. The van der Waals surface area contributed by atoms with Crippen molar-refractivity contribution < 1.29 is 9.90 Å². The summed E-state index contributed by atoms with van der Waals surface area (Å²) in [5.41, 5.74) is 5.77. The van der Waals surface area contributed by atoms with Crippen LogP contribution in [0.3, 0.4) is 0 Å². The minimum atomic E-state index is -0.398. The molecule has 1 fully saturated rings. The van der Waals surface area contributed by atoms with Crippen LogP contribution in [0.1, 0.15) is 26.7 Å². The first-order valence-corrected chi connectivity index (χ1v) is 5.24. The van der Waals surface area contributed by atoms with Gasteiger partial charge in [0.25, 0.3) is 0 Å². The minimum Gasteiger partial charge on any atom is -0.393 e. The van der Waals surface area contributed by atoms with Gasteiger partial charge in [-0.2, -0.15) is 0 Å². The molecule has 1 saturated heterocycles. The Morgan fingerprint density at radius 1 is 1.43 bits per heavy atom. The van der Waals surface area contributed by atoms with Crippen molar-refractivity contribution in [3.8, 4) is 0 Å². The third-order valence-electron chi connectivity index (χ3n) is 2.78. The fraction of sp³-hybridized carbons (Fsp3) is 0.900. The average Bonchev–Trinajstić information content (AvgIpc) is 2.16. The number of hydrogen-bond donors (Lipinski definition) is 2. The van der Waals surface area contributed by atoms with E-state index in [-0.39, 0.29) is 17.9 Å². The highest BCUT2D eigenvalue weighted by molar-refractivity contribution is 5.82. The molecule has 1 heterocycles. The molecular formula is C10H20N2O2. The van der Waals surface area contributed by atoms with E-state index < -0.39 is 6.04 Å². The van der Waals surface area contributed by atoms with Crippen molar-refractivity contribution >= 4 is 5.91 Å². The van der Waals surface area contributed by atoms with Crippen molar-refractivity contribution in [3.63, 3.8) is 0 Å². The Morgan fingerprint density at radius 3 is 2.36 bits per heavy atom. The number of amides is 1. The molecular weight excluding hydrogens is 180 g/mol. The zero-order valence-electron chi connectivity index (χ0n) is 8.94. The lowest BCUT2D eigenvalue weighted by molar-refractivity contribution is -0.135. The molecule has 0 aliphatic carbocycles. The molecule has 14 heavy (non-hydrogen) atoms. The quantitative estimate of drug-likeness (QED) is 0.657. The van der Waals surface area contributed by atoms with Crippen molar-refractivity contribution in [2.24, 2.45) is 11.7 Å². The van der Waals surface area contributed by atoms with Crippen LogP contribution in [-0.2, 0) is 4.79 Å². The molecule has 0 spiro atoms. The number of carbonyl (C=O) groups excluding carboxylic acids is 1. The van der Waals surface area contributed by atoms with Crippen LogP contribution in [-0.4, -0.2) is 41.1 Å². The number of aliphatic hydroxyl groups is 1. The van der Waals surface area contributed by atoms with Crippen LogP contribution < -0.4 is 5.73 Å². The fourth-order valence-corrected chi connectivity index (χ4v) is 1.58. The molecule has 0 aromatic heterocycles. The van der Waals surface area contributed by atoms with Crippen molar-refractivity contribution in [1.29, 1.82) is 0 Å². The average molecular weight is 200 g/mol. The summed E-state index contributed by atoms with van der Waals surface area (Å²) < 4.78 is 0. The van der Waals surface area contributed by atoms with Gasteiger partial charge in [0.1, 0.15) is 0 Å². The summed E-state index contributed by atoms with van der Waals surface area (Å²) in [7, 11) is 0. The predicted molar refractivity (Wildman–Crippen MR) is 54.6 cm³/mol. The maximum absolute atomic E-state index is 11.8. The fourth-order valence-electron chi connectivity index (χ4n) is 1.58. The normalized spacial score (nSPS) is 21.4. The Kier molecular flexibility index (Phi) is 3.89. The molecule has 0 bridgehead atoms. The molecule has 1 rings (SSSR count). The highest BCUT2D eigenvalue weighted by Crippen LogP contribution is 2.12. The summed E-state index contributed by atoms with van der Waals surface area (Å²) in [5.74, 6) is 0.196. The molecule has 0 unspecified atom stereocenters. The second-order valence-corrected chi connectivity index (χ2v) is 4.33. The number of hydrogen-bond acceptors (Lipinski definition) is 3. The Balaban J connectivity index is 2.45. The lowest BCUT2D eigenvalue weighted by Gasteiger charge is -2.32. The molecule has 4 heteroatoms. The van der Waals surface area contributed by atoms with Gasteiger partial charge in [-0.05, 0) is 18.8 Å². The van der Waals surface area contributed by atoms with E-state index in [1.165, 1.54) is 0 Å². The zero-order valence-corrected chi connectivity index (χ0v) is 8.94. The van der Waals surface area contributed by atoms with E-state index in [0.29, 0.717) is 25.9 Å².